The van der Waals surface area contributed by atoms with Gasteiger partial charge in [0.1, 0.15) is 0 Å². The Morgan fingerprint density at radius 1 is 1.23 bits per heavy atom. The fourth-order valence-electron chi connectivity index (χ4n) is 2.47. The highest BCUT2D eigenvalue weighted by atomic mass is 14.2. The van der Waals surface area contributed by atoms with Crippen LogP contribution in [0.1, 0.15) is 51.4 Å². The smallest absolute Gasteiger partial charge is 0.0317 e. The molecule has 0 amide bonds. The van der Waals surface area contributed by atoms with Crippen LogP contribution < -0.4 is 0 Å². The zero-order valence-electron chi connectivity index (χ0n) is 8.47. The lowest BCUT2D eigenvalue weighted by Crippen LogP contribution is -2.02. The zero-order valence-corrected chi connectivity index (χ0v) is 8.47. The van der Waals surface area contributed by atoms with Gasteiger partial charge in [-0.15, -0.1) is 0 Å². The van der Waals surface area contributed by atoms with Crippen molar-refractivity contribution >= 4 is 0 Å². The monoisotopic (exact) mass is 176 g/mol. The second-order valence-electron chi connectivity index (χ2n) is 4.44. The second-order valence-corrected chi connectivity index (χ2v) is 4.44. The lowest BCUT2D eigenvalue weighted by atomic mass is 9.89. The molecule has 0 bridgehead atoms. The summed E-state index contributed by atoms with van der Waals surface area (Å²) in [5, 5.41) is 0. The normalized spacial score (nSPS) is 27.7. The van der Waals surface area contributed by atoms with Crippen molar-refractivity contribution in [2.24, 2.45) is 5.92 Å². The molecule has 0 heteroatoms. The molecule has 1 atom stereocenters. The summed E-state index contributed by atoms with van der Waals surface area (Å²) in [5.74, 6) is 0.992. The third-order valence-corrected chi connectivity index (χ3v) is 3.39. The maximum absolute atomic E-state index is 2.47. The van der Waals surface area contributed by atoms with E-state index in [1.807, 2.05) is 0 Å². The van der Waals surface area contributed by atoms with Crippen LogP contribution in [0.5, 0.6) is 0 Å². The average molecular weight is 176 g/mol. The number of allylic oxidation sites excluding steroid dienone is 4. The summed E-state index contributed by atoms with van der Waals surface area (Å²) in [6.45, 7) is 0. The number of hydrogen-bond donors (Lipinski definition) is 0. The Labute approximate surface area is 81.7 Å². The summed E-state index contributed by atoms with van der Waals surface area (Å²) in [6.07, 6.45) is 18.3. The van der Waals surface area contributed by atoms with Crippen molar-refractivity contribution in [3.8, 4) is 0 Å². The molecule has 0 nitrogen and oxygen atoms in total. The van der Waals surface area contributed by atoms with E-state index < -0.39 is 0 Å². The third-order valence-electron chi connectivity index (χ3n) is 3.39. The van der Waals surface area contributed by atoms with Crippen LogP contribution in [0, 0.1) is 5.92 Å². The molecule has 0 aromatic heterocycles. The van der Waals surface area contributed by atoms with E-state index in [1.165, 1.54) is 51.4 Å². The first-order chi connectivity index (χ1) is 6.45. The second kappa shape index (κ2) is 4.64. The zero-order chi connectivity index (χ0) is 8.93. The van der Waals surface area contributed by atoms with Gasteiger partial charge >= 0.3 is 0 Å². The van der Waals surface area contributed by atoms with Gasteiger partial charge in [-0.3, -0.25) is 0 Å². The van der Waals surface area contributed by atoms with Crippen molar-refractivity contribution in [3.63, 3.8) is 0 Å². The standard InChI is InChI=1S/C13H20/c1-2-6-12(7-3-1)10-11-13-8-4-5-9-13/h1-2,8,12H,3-7,9-11H2. The van der Waals surface area contributed by atoms with E-state index in [0.29, 0.717) is 0 Å². The van der Waals surface area contributed by atoms with Crippen molar-refractivity contribution in [1.82, 2.24) is 0 Å². The van der Waals surface area contributed by atoms with Crippen LogP contribution in [0.4, 0.5) is 0 Å². The topological polar surface area (TPSA) is 0 Å². The summed E-state index contributed by atoms with van der Waals surface area (Å²) >= 11 is 0. The predicted molar refractivity (Wildman–Crippen MR) is 57.6 cm³/mol. The lowest BCUT2D eigenvalue weighted by molar-refractivity contribution is 0.443. The molecule has 13 heavy (non-hydrogen) atoms. The number of rotatable bonds is 3. The highest BCUT2D eigenvalue weighted by Gasteiger charge is 2.11. The Kier molecular flexibility index (Phi) is 3.23. The fraction of sp³-hybridized carbons (Fsp3) is 0.692. The van der Waals surface area contributed by atoms with Gasteiger partial charge in [-0.1, -0.05) is 23.8 Å². The maximum atomic E-state index is 2.47. The van der Waals surface area contributed by atoms with Gasteiger partial charge in [-0.25, -0.2) is 0 Å². The minimum absolute atomic E-state index is 0.992. The largest absolute Gasteiger partial charge is 0.0885 e. The van der Waals surface area contributed by atoms with Gasteiger partial charge in [-0.05, 0) is 57.3 Å². The quantitative estimate of drug-likeness (QED) is 0.564. The fourth-order valence-corrected chi connectivity index (χ4v) is 2.47. The van der Waals surface area contributed by atoms with Gasteiger partial charge in [0.25, 0.3) is 0 Å². The summed E-state index contributed by atoms with van der Waals surface area (Å²) in [5.41, 5.74) is 1.74. The molecule has 0 aliphatic heterocycles. The minimum Gasteiger partial charge on any atom is -0.0885 e. The molecule has 2 aliphatic carbocycles. The molecule has 2 rings (SSSR count). The highest BCUT2D eigenvalue weighted by molar-refractivity contribution is 5.07. The van der Waals surface area contributed by atoms with Crippen LogP contribution in [0.15, 0.2) is 23.8 Å². The van der Waals surface area contributed by atoms with Crippen molar-refractivity contribution in [1.29, 1.82) is 0 Å². The maximum Gasteiger partial charge on any atom is -0.0317 e. The molecule has 0 N–H and O–H groups in total. The van der Waals surface area contributed by atoms with Crippen LogP contribution in [0.2, 0.25) is 0 Å². The minimum atomic E-state index is 0.992. The van der Waals surface area contributed by atoms with Crippen molar-refractivity contribution < 1.29 is 0 Å². The Morgan fingerprint density at radius 3 is 2.92 bits per heavy atom. The van der Waals surface area contributed by atoms with Crippen LogP contribution in [-0.4, -0.2) is 0 Å². The van der Waals surface area contributed by atoms with E-state index in [9.17, 15) is 0 Å². The summed E-state index contributed by atoms with van der Waals surface area (Å²) < 4.78 is 0. The van der Waals surface area contributed by atoms with E-state index in [0.717, 1.165) is 5.92 Å². The lowest BCUT2D eigenvalue weighted by Gasteiger charge is -2.17. The van der Waals surface area contributed by atoms with E-state index >= 15 is 0 Å². The Balaban J connectivity index is 1.69. The molecule has 2 aliphatic rings. The van der Waals surface area contributed by atoms with Gasteiger partial charge in [0.05, 0.1) is 0 Å². The molecule has 0 fully saturated rings. The first-order valence-electron chi connectivity index (χ1n) is 5.78. The average Bonchev–Trinajstić information content (AvgIpc) is 2.69. The SMILES string of the molecule is C1=CCC(CCC2=CCCC2)CC1. The van der Waals surface area contributed by atoms with E-state index in [-0.39, 0.29) is 0 Å². The van der Waals surface area contributed by atoms with Crippen LogP contribution >= 0.6 is 0 Å². The molecule has 0 saturated carbocycles. The molecular weight excluding hydrogens is 156 g/mol. The molecule has 0 spiro atoms. The molecule has 0 radical (unpaired) electrons. The molecule has 0 heterocycles. The number of hydrogen-bond acceptors (Lipinski definition) is 0. The van der Waals surface area contributed by atoms with Gasteiger partial charge in [-0.2, -0.15) is 0 Å². The Morgan fingerprint density at radius 2 is 2.23 bits per heavy atom. The Bertz CT molecular complexity index is 210. The molecule has 0 aromatic carbocycles. The highest BCUT2D eigenvalue weighted by Crippen LogP contribution is 2.28. The van der Waals surface area contributed by atoms with Crippen LogP contribution in [-0.2, 0) is 0 Å². The molecular formula is C13H20. The Hall–Kier alpha value is -0.520. The molecule has 0 saturated heterocycles. The van der Waals surface area contributed by atoms with E-state index in [4.69, 9.17) is 0 Å². The summed E-state index contributed by atoms with van der Waals surface area (Å²) in [4.78, 5) is 0. The van der Waals surface area contributed by atoms with Gasteiger partial charge in [0.15, 0.2) is 0 Å². The first-order valence-corrected chi connectivity index (χ1v) is 5.78. The van der Waals surface area contributed by atoms with Crippen LogP contribution in [0.25, 0.3) is 0 Å². The van der Waals surface area contributed by atoms with Gasteiger partial charge in [0.2, 0.25) is 0 Å². The van der Waals surface area contributed by atoms with Crippen molar-refractivity contribution in [2.75, 3.05) is 0 Å². The summed E-state index contributed by atoms with van der Waals surface area (Å²) in [7, 11) is 0. The van der Waals surface area contributed by atoms with Gasteiger partial charge < -0.3 is 0 Å². The third kappa shape index (κ3) is 2.72. The van der Waals surface area contributed by atoms with Crippen molar-refractivity contribution in [3.05, 3.63) is 23.8 Å². The summed E-state index contributed by atoms with van der Waals surface area (Å²) in [6, 6.07) is 0. The molecule has 0 aromatic rings. The van der Waals surface area contributed by atoms with Gasteiger partial charge in [0, 0.05) is 0 Å². The van der Waals surface area contributed by atoms with E-state index in [2.05, 4.69) is 18.2 Å². The first kappa shape index (κ1) is 9.05. The van der Waals surface area contributed by atoms with E-state index in [1.54, 1.807) is 5.57 Å². The molecule has 72 valence electrons. The van der Waals surface area contributed by atoms with Crippen molar-refractivity contribution in [2.45, 2.75) is 51.4 Å². The predicted octanol–water partition coefficient (Wildman–Crippen LogP) is 4.23. The molecule has 1 unspecified atom stereocenters. The van der Waals surface area contributed by atoms with Crippen LogP contribution in [0.3, 0.4) is 0 Å².